The summed E-state index contributed by atoms with van der Waals surface area (Å²) in [4.78, 5) is 12.0. The molecule has 23 heavy (non-hydrogen) atoms. The molecule has 0 radical (unpaired) electrons. The van der Waals surface area contributed by atoms with Crippen LogP contribution in [0.25, 0.3) is 11.3 Å². The summed E-state index contributed by atoms with van der Waals surface area (Å²) in [6.45, 7) is 0. The molecule has 0 unspecified atom stereocenters. The van der Waals surface area contributed by atoms with Gasteiger partial charge in [0.05, 0.1) is 16.9 Å². The number of rotatable bonds is 4. The van der Waals surface area contributed by atoms with Gasteiger partial charge in [0.25, 0.3) is 5.91 Å². The summed E-state index contributed by atoms with van der Waals surface area (Å²) in [5.41, 5.74) is 5.03. The van der Waals surface area contributed by atoms with Crippen molar-refractivity contribution in [3.05, 3.63) is 76.9 Å². The molecule has 0 aliphatic heterocycles. The minimum Gasteiger partial charge on any atom is -0.272 e. The lowest BCUT2D eigenvalue weighted by Crippen LogP contribution is -2.17. The molecular formula is C17H13ClN4O. The maximum absolute atomic E-state index is 12.0. The van der Waals surface area contributed by atoms with E-state index >= 15 is 0 Å². The Bertz CT molecular complexity index is 843. The van der Waals surface area contributed by atoms with E-state index in [1.165, 1.54) is 0 Å². The molecule has 1 aromatic heterocycles. The number of benzene rings is 2. The lowest BCUT2D eigenvalue weighted by molar-refractivity contribution is 0.0950. The maximum atomic E-state index is 12.0. The summed E-state index contributed by atoms with van der Waals surface area (Å²) in [6.07, 6.45) is 1.57. The van der Waals surface area contributed by atoms with Crippen molar-refractivity contribution in [3.63, 3.8) is 0 Å². The average Bonchev–Trinajstić information content (AvgIpc) is 3.06. The van der Waals surface area contributed by atoms with Crippen LogP contribution in [0, 0.1) is 0 Å². The molecule has 3 aromatic rings. The van der Waals surface area contributed by atoms with E-state index < -0.39 is 0 Å². The summed E-state index contributed by atoms with van der Waals surface area (Å²) in [5, 5.41) is 11.3. The van der Waals surface area contributed by atoms with E-state index in [0.717, 1.165) is 11.1 Å². The van der Waals surface area contributed by atoms with E-state index in [-0.39, 0.29) is 5.91 Å². The number of H-pyrrole nitrogens is 1. The minimum atomic E-state index is -0.372. The smallest absolute Gasteiger partial charge is 0.272 e. The molecule has 2 N–H and O–H groups in total. The fraction of sp³-hybridized carbons (Fsp3) is 0. The fourth-order valence-electron chi connectivity index (χ4n) is 2.01. The highest BCUT2D eigenvalue weighted by atomic mass is 35.5. The van der Waals surface area contributed by atoms with Crippen LogP contribution in [0.2, 0.25) is 5.02 Å². The van der Waals surface area contributed by atoms with Gasteiger partial charge in [-0.05, 0) is 17.7 Å². The van der Waals surface area contributed by atoms with E-state index in [0.29, 0.717) is 16.4 Å². The lowest BCUT2D eigenvalue weighted by Gasteiger charge is -1.98. The summed E-state index contributed by atoms with van der Waals surface area (Å²) < 4.78 is 0. The van der Waals surface area contributed by atoms with Crippen LogP contribution in [0.15, 0.2) is 65.8 Å². The van der Waals surface area contributed by atoms with Crippen molar-refractivity contribution < 1.29 is 4.79 Å². The van der Waals surface area contributed by atoms with Gasteiger partial charge in [-0.3, -0.25) is 9.89 Å². The number of nitrogens with zero attached hydrogens (tertiary/aromatic N) is 2. The zero-order valence-electron chi connectivity index (χ0n) is 12.0. The van der Waals surface area contributed by atoms with E-state index in [1.54, 1.807) is 18.3 Å². The molecule has 2 aromatic carbocycles. The molecule has 0 atom stereocenters. The van der Waals surface area contributed by atoms with E-state index in [2.05, 4.69) is 20.7 Å². The molecule has 0 bridgehead atoms. The van der Waals surface area contributed by atoms with Crippen molar-refractivity contribution in [1.82, 2.24) is 15.6 Å². The molecule has 0 fully saturated rings. The first-order valence-corrected chi connectivity index (χ1v) is 7.30. The fourth-order valence-corrected chi connectivity index (χ4v) is 2.24. The Kier molecular flexibility index (Phi) is 4.49. The van der Waals surface area contributed by atoms with Crippen LogP contribution in [0.4, 0.5) is 0 Å². The van der Waals surface area contributed by atoms with Crippen LogP contribution in [0.3, 0.4) is 0 Å². The monoisotopic (exact) mass is 324 g/mol. The van der Waals surface area contributed by atoms with Crippen molar-refractivity contribution in [3.8, 4) is 11.3 Å². The van der Waals surface area contributed by atoms with Crippen molar-refractivity contribution in [2.24, 2.45) is 5.10 Å². The van der Waals surface area contributed by atoms with E-state index in [9.17, 15) is 4.79 Å². The third-order valence-electron chi connectivity index (χ3n) is 3.15. The SMILES string of the molecule is O=C(N/N=C/c1ccccc1)c1cc(-c2ccccc2Cl)n[nH]1. The van der Waals surface area contributed by atoms with E-state index in [4.69, 9.17) is 11.6 Å². The predicted molar refractivity (Wildman–Crippen MR) is 90.5 cm³/mol. The molecule has 0 aliphatic rings. The lowest BCUT2D eigenvalue weighted by atomic mass is 10.1. The highest BCUT2D eigenvalue weighted by Gasteiger charge is 2.11. The van der Waals surface area contributed by atoms with Crippen molar-refractivity contribution in [2.45, 2.75) is 0 Å². The second kappa shape index (κ2) is 6.89. The first-order chi connectivity index (χ1) is 11.2. The maximum Gasteiger partial charge on any atom is 0.289 e. The molecule has 0 aliphatic carbocycles. The van der Waals surface area contributed by atoms with Gasteiger partial charge >= 0.3 is 0 Å². The molecule has 114 valence electrons. The number of hydrogen-bond acceptors (Lipinski definition) is 3. The Morgan fingerprint density at radius 3 is 2.65 bits per heavy atom. The Morgan fingerprint density at radius 1 is 1.13 bits per heavy atom. The molecule has 3 rings (SSSR count). The summed E-state index contributed by atoms with van der Waals surface area (Å²) >= 11 is 6.12. The van der Waals surface area contributed by atoms with Gasteiger partial charge in [0.1, 0.15) is 5.69 Å². The van der Waals surface area contributed by atoms with Gasteiger partial charge in [0.2, 0.25) is 0 Å². The standard InChI is InChI=1S/C17H13ClN4O/c18-14-9-5-4-8-13(14)15-10-16(21-20-15)17(23)22-19-11-12-6-2-1-3-7-12/h1-11H,(H,20,21)(H,22,23)/b19-11+. The molecule has 1 heterocycles. The van der Waals surface area contributed by atoms with Gasteiger partial charge in [0, 0.05) is 5.56 Å². The summed E-state index contributed by atoms with van der Waals surface area (Å²) in [7, 11) is 0. The van der Waals surface area contributed by atoms with Crippen LogP contribution < -0.4 is 5.43 Å². The predicted octanol–water partition coefficient (Wildman–Crippen LogP) is 3.49. The van der Waals surface area contributed by atoms with Crippen molar-refractivity contribution in [2.75, 3.05) is 0 Å². The molecule has 0 spiro atoms. The number of hydrazone groups is 1. The van der Waals surface area contributed by atoms with Gasteiger partial charge in [-0.25, -0.2) is 5.43 Å². The molecule has 1 amide bonds. The number of amides is 1. The summed E-state index contributed by atoms with van der Waals surface area (Å²) in [6, 6.07) is 18.4. The number of aromatic amines is 1. The third-order valence-corrected chi connectivity index (χ3v) is 3.48. The van der Waals surface area contributed by atoms with Gasteiger partial charge in [0.15, 0.2) is 0 Å². The number of halogens is 1. The second-order valence-corrected chi connectivity index (χ2v) is 5.16. The van der Waals surface area contributed by atoms with Crippen LogP contribution in [0.5, 0.6) is 0 Å². The third kappa shape index (κ3) is 3.64. The molecular weight excluding hydrogens is 312 g/mol. The summed E-state index contributed by atoms with van der Waals surface area (Å²) in [5.74, 6) is -0.372. The topological polar surface area (TPSA) is 70.1 Å². The Morgan fingerprint density at radius 2 is 1.87 bits per heavy atom. The minimum absolute atomic E-state index is 0.310. The average molecular weight is 325 g/mol. The molecule has 0 saturated carbocycles. The Labute approximate surface area is 138 Å². The van der Waals surface area contributed by atoms with E-state index in [1.807, 2.05) is 48.5 Å². The van der Waals surface area contributed by atoms with Crippen LogP contribution in [-0.2, 0) is 0 Å². The largest absolute Gasteiger partial charge is 0.289 e. The number of carbonyl (C=O) groups excluding carboxylic acids is 1. The Balaban J connectivity index is 1.70. The first kappa shape index (κ1) is 15.0. The molecule has 0 saturated heterocycles. The zero-order chi connectivity index (χ0) is 16.1. The highest BCUT2D eigenvalue weighted by Crippen LogP contribution is 2.26. The van der Waals surface area contributed by atoms with Crippen LogP contribution in [-0.4, -0.2) is 22.3 Å². The van der Waals surface area contributed by atoms with Gasteiger partial charge in [-0.2, -0.15) is 10.2 Å². The van der Waals surface area contributed by atoms with Gasteiger partial charge in [-0.15, -0.1) is 0 Å². The zero-order valence-corrected chi connectivity index (χ0v) is 12.8. The number of carbonyl (C=O) groups is 1. The number of nitrogens with one attached hydrogen (secondary N) is 2. The number of hydrogen-bond donors (Lipinski definition) is 2. The number of aromatic nitrogens is 2. The molecule has 6 heteroatoms. The Hall–Kier alpha value is -2.92. The van der Waals surface area contributed by atoms with Crippen molar-refractivity contribution in [1.29, 1.82) is 0 Å². The van der Waals surface area contributed by atoms with Crippen LogP contribution in [0.1, 0.15) is 16.1 Å². The van der Waals surface area contributed by atoms with Crippen molar-refractivity contribution >= 4 is 23.7 Å². The van der Waals surface area contributed by atoms with Crippen LogP contribution >= 0.6 is 11.6 Å². The van der Waals surface area contributed by atoms with Gasteiger partial charge < -0.3 is 0 Å². The van der Waals surface area contributed by atoms with Gasteiger partial charge in [-0.1, -0.05) is 60.1 Å². The highest BCUT2D eigenvalue weighted by molar-refractivity contribution is 6.33. The normalized spacial score (nSPS) is 10.8. The first-order valence-electron chi connectivity index (χ1n) is 6.93. The molecule has 5 nitrogen and oxygen atoms in total. The second-order valence-electron chi connectivity index (χ2n) is 4.76. The quantitative estimate of drug-likeness (QED) is 0.569.